The summed E-state index contributed by atoms with van der Waals surface area (Å²) in [6.07, 6.45) is 3.26. The molecule has 18 heavy (non-hydrogen) atoms. The minimum absolute atomic E-state index is 0.235. The first kappa shape index (κ1) is 12.2. The maximum atomic E-state index is 12.8. The number of aromatic nitrogens is 2. The van der Waals surface area contributed by atoms with E-state index in [4.69, 9.17) is 0 Å². The van der Waals surface area contributed by atoms with E-state index in [1.54, 1.807) is 24.5 Å². The van der Waals surface area contributed by atoms with E-state index in [1.807, 2.05) is 6.92 Å². The second kappa shape index (κ2) is 5.40. The molecule has 0 aliphatic rings. The van der Waals surface area contributed by atoms with Gasteiger partial charge in [0.25, 0.3) is 0 Å². The van der Waals surface area contributed by atoms with Crippen molar-refractivity contribution < 1.29 is 4.39 Å². The minimum Gasteiger partial charge on any atom is -0.364 e. The van der Waals surface area contributed by atoms with Crippen molar-refractivity contribution in [2.45, 2.75) is 13.5 Å². The van der Waals surface area contributed by atoms with Crippen molar-refractivity contribution in [1.29, 1.82) is 0 Å². The molecule has 0 radical (unpaired) electrons. The van der Waals surface area contributed by atoms with E-state index < -0.39 is 0 Å². The van der Waals surface area contributed by atoms with E-state index in [0.717, 1.165) is 16.8 Å². The summed E-state index contributed by atoms with van der Waals surface area (Å²) in [5, 5.41) is 3.17. The third kappa shape index (κ3) is 2.91. The largest absolute Gasteiger partial charge is 0.364 e. The molecule has 0 unspecified atom stereocenters. The minimum atomic E-state index is -0.235. The van der Waals surface area contributed by atoms with Gasteiger partial charge in [-0.05, 0) is 30.2 Å². The smallest absolute Gasteiger partial charge is 0.152 e. The van der Waals surface area contributed by atoms with Crippen LogP contribution in [-0.2, 0) is 6.54 Å². The fourth-order valence-electron chi connectivity index (χ4n) is 1.57. The quantitative estimate of drug-likeness (QED) is 0.895. The standard InChI is InChI=1S/C14H14FN3/c1-10(2)13-14(17-8-7-16-13)18-9-11-3-5-12(15)6-4-11/h3-8H,1,9H2,2H3,(H,17,18). The van der Waals surface area contributed by atoms with Crippen LogP contribution >= 0.6 is 0 Å². The van der Waals surface area contributed by atoms with Gasteiger partial charge < -0.3 is 5.32 Å². The van der Waals surface area contributed by atoms with Crippen molar-refractivity contribution in [3.8, 4) is 0 Å². The molecule has 0 spiro atoms. The van der Waals surface area contributed by atoms with Gasteiger partial charge in [0.2, 0.25) is 0 Å². The average Bonchev–Trinajstić information content (AvgIpc) is 2.38. The number of nitrogens with zero attached hydrogens (tertiary/aromatic N) is 2. The van der Waals surface area contributed by atoms with Gasteiger partial charge in [0.05, 0.1) is 0 Å². The Morgan fingerprint density at radius 2 is 1.89 bits per heavy atom. The molecule has 1 heterocycles. The fourth-order valence-corrected chi connectivity index (χ4v) is 1.57. The van der Waals surface area contributed by atoms with Crippen molar-refractivity contribution in [1.82, 2.24) is 9.97 Å². The third-order valence-electron chi connectivity index (χ3n) is 2.48. The Morgan fingerprint density at radius 1 is 1.22 bits per heavy atom. The second-order valence-electron chi connectivity index (χ2n) is 4.01. The Morgan fingerprint density at radius 3 is 2.56 bits per heavy atom. The fraction of sp³-hybridized carbons (Fsp3) is 0.143. The number of allylic oxidation sites excluding steroid dienone is 1. The van der Waals surface area contributed by atoms with Crippen molar-refractivity contribution >= 4 is 11.4 Å². The topological polar surface area (TPSA) is 37.8 Å². The first-order valence-corrected chi connectivity index (χ1v) is 5.62. The van der Waals surface area contributed by atoms with Crippen molar-refractivity contribution in [3.63, 3.8) is 0 Å². The van der Waals surface area contributed by atoms with Crippen LogP contribution in [0, 0.1) is 5.82 Å². The molecule has 1 aromatic heterocycles. The van der Waals surface area contributed by atoms with Crippen LogP contribution in [0.2, 0.25) is 0 Å². The summed E-state index contributed by atoms with van der Waals surface area (Å²) in [6, 6.07) is 6.35. The maximum absolute atomic E-state index is 12.8. The molecule has 0 saturated carbocycles. The summed E-state index contributed by atoms with van der Waals surface area (Å²) in [7, 11) is 0. The highest BCUT2D eigenvalue weighted by Crippen LogP contribution is 2.17. The first-order valence-electron chi connectivity index (χ1n) is 5.62. The summed E-state index contributed by atoms with van der Waals surface area (Å²) in [4.78, 5) is 8.44. The Kier molecular flexibility index (Phi) is 3.67. The van der Waals surface area contributed by atoms with E-state index >= 15 is 0 Å². The number of nitrogens with one attached hydrogen (secondary N) is 1. The lowest BCUT2D eigenvalue weighted by Crippen LogP contribution is -2.05. The molecule has 2 aromatic rings. The Bertz CT molecular complexity index is 549. The van der Waals surface area contributed by atoms with Crippen LogP contribution in [0.1, 0.15) is 18.2 Å². The molecule has 3 nitrogen and oxygen atoms in total. The monoisotopic (exact) mass is 243 g/mol. The molecule has 0 saturated heterocycles. The summed E-state index contributed by atoms with van der Waals surface area (Å²) in [5.41, 5.74) is 2.58. The number of anilines is 1. The highest BCUT2D eigenvalue weighted by atomic mass is 19.1. The molecule has 0 amide bonds. The van der Waals surface area contributed by atoms with Crippen molar-refractivity contribution in [2.75, 3.05) is 5.32 Å². The lowest BCUT2D eigenvalue weighted by Gasteiger charge is -2.09. The molecule has 0 aliphatic carbocycles. The summed E-state index contributed by atoms with van der Waals surface area (Å²) >= 11 is 0. The highest BCUT2D eigenvalue weighted by Gasteiger charge is 2.05. The molecule has 0 atom stereocenters. The number of hydrogen-bond acceptors (Lipinski definition) is 3. The van der Waals surface area contributed by atoms with Gasteiger partial charge in [0.1, 0.15) is 11.5 Å². The van der Waals surface area contributed by atoms with Gasteiger partial charge in [-0.2, -0.15) is 0 Å². The summed E-state index contributed by atoms with van der Waals surface area (Å²) in [6.45, 7) is 6.31. The van der Waals surface area contributed by atoms with Gasteiger partial charge in [0.15, 0.2) is 5.82 Å². The molecule has 0 bridgehead atoms. The van der Waals surface area contributed by atoms with Crippen LogP contribution in [-0.4, -0.2) is 9.97 Å². The highest BCUT2D eigenvalue weighted by molar-refractivity contribution is 5.67. The zero-order chi connectivity index (χ0) is 13.0. The van der Waals surface area contributed by atoms with Crippen LogP contribution in [0.15, 0.2) is 43.2 Å². The second-order valence-corrected chi connectivity index (χ2v) is 4.01. The van der Waals surface area contributed by atoms with Crippen LogP contribution in [0.5, 0.6) is 0 Å². The molecular weight excluding hydrogens is 229 g/mol. The number of rotatable bonds is 4. The lowest BCUT2D eigenvalue weighted by atomic mass is 10.2. The van der Waals surface area contributed by atoms with Crippen LogP contribution in [0.3, 0.4) is 0 Å². The zero-order valence-corrected chi connectivity index (χ0v) is 10.2. The number of benzene rings is 1. The lowest BCUT2D eigenvalue weighted by molar-refractivity contribution is 0.627. The summed E-state index contributed by atoms with van der Waals surface area (Å²) in [5.74, 6) is 0.454. The SMILES string of the molecule is C=C(C)c1nccnc1NCc1ccc(F)cc1. The Balaban J connectivity index is 2.10. The van der Waals surface area contributed by atoms with Gasteiger partial charge in [-0.15, -0.1) is 0 Å². The van der Waals surface area contributed by atoms with Crippen LogP contribution < -0.4 is 5.32 Å². The van der Waals surface area contributed by atoms with Crippen molar-refractivity contribution in [2.24, 2.45) is 0 Å². The van der Waals surface area contributed by atoms with Crippen LogP contribution in [0.4, 0.5) is 10.2 Å². The van der Waals surface area contributed by atoms with E-state index in [-0.39, 0.29) is 5.82 Å². The molecule has 92 valence electrons. The molecule has 0 aliphatic heterocycles. The van der Waals surface area contributed by atoms with Crippen molar-refractivity contribution in [3.05, 3.63) is 60.3 Å². The van der Waals surface area contributed by atoms with E-state index in [0.29, 0.717) is 12.4 Å². The zero-order valence-electron chi connectivity index (χ0n) is 10.2. The predicted octanol–water partition coefficient (Wildman–Crippen LogP) is 3.26. The Hall–Kier alpha value is -2.23. The van der Waals surface area contributed by atoms with E-state index in [9.17, 15) is 4.39 Å². The van der Waals surface area contributed by atoms with Gasteiger partial charge >= 0.3 is 0 Å². The third-order valence-corrected chi connectivity index (χ3v) is 2.48. The van der Waals surface area contributed by atoms with Gasteiger partial charge in [0, 0.05) is 18.9 Å². The Labute approximate surface area is 105 Å². The normalized spacial score (nSPS) is 10.1. The molecular formula is C14H14FN3. The molecule has 1 aromatic carbocycles. The van der Waals surface area contributed by atoms with E-state index in [1.165, 1.54) is 12.1 Å². The first-order chi connectivity index (χ1) is 8.66. The van der Waals surface area contributed by atoms with Gasteiger partial charge in [-0.25, -0.2) is 9.37 Å². The van der Waals surface area contributed by atoms with Gasteiger partial charge in [-0.3, -0.25) is 4.98 Å². The predicted molar refractivity (Wildman–Crippen MR) is 70.5 cm³/mol. The maximum Gasteiger partial charge on any atom is 0.152 e. The molecule has 2 rings (SSSR count). The number of hydrogen-bond donors (Lipinski definition) is 1. The molecule has 4 heteroatoms. The average molecular weight is 243 g/mol. The van der Waals surface area contributed by atoms with Crippen LogP contribution in [0.25, 0.3) is 5.57 Å². The molecule has 0 fully saturated rings. The van der Waals surface area contributed by atoms with Gasteiger partial charge in [-0.1, -0.05) is 18.7 Å². The molecule has 1 N–H and O–H groups in total. The van der Waals surface area contributed by atoms with E-state index in [2.05, 4.69) is 21.9 Å². The summed E-state index contributed by atoms with van der Waals surface area (Å²) < 4.78 is 12.8. The number of halogens is 1.